The Hall–Kier alpha value is -0.260. The first-order valence-electron chi connectivity index (χ1n) is 7.91. The smallest absolute Gasteiger partial charge is 0.250 e. The van der Waals surface area contributed by atoms with Gasteiger partial charge >= 0.3 is 0 Å². The molecule has 1 saturated heterocycles. The largest absolute Gasteiger partial charge is 0.393 e. The number of aliphatic hydroxyl groups excluding tert-OH is 1. The van der Waals surface area contributed by atoms with Crippen LogP contribution in [0.2, 0.25) is 0 Å². The number of aliphatic hydroxyl groups is 1. The van der Waals surface area contributed by atoms with E-state index < -0.39 is 6.43 Å². The van der Waals surface area contributed by atoms with Crippen LogP contribution in [-0.2, 0) is 0 Å². The molecule has 0 aromatic rings. The minimum Gasteiger partial charge on any atom is -0.393 e. The minimum absolute atomic E-state index is 0.0693. The molecule has 2 aliphatic rings. The zero-order valence-electron chi connectivity index (χ0n) is 12.6. The van der Waals surface area contributed by atoms with Crippen LogP contribution in [0, 0.1) is 11.8 Å². The van der Waals surface area contributed by atoms with Gasteiger partial charge in [-0.1, -0.05) is 6.42 Å². The maximum Gasteiger partial charge on any atom is 0.250 e. The van der Waals surface area contributed by atoms with Crippen LogP contribution in [0.1, 0.15) is 39.5 Å². The summed E-state index contributed by atoms with van der Waals surface area (Å²) in [4.78, 5) is 2.40. The highest BCUT2D eigenvalue weighted by Gasteiger charge is 2.35. The Labute approximate surface area is 120 Å². The molecule has 2 rings (SSSR count). The van der Waals surface area contributed by atoms with Crippen molar-refractivity contribution in [2.45, 2.75) is 64.1 Å². The van der Waals surface area contributed by atoms with E-state index in [0.29, 0.717) is 6.04 Å². The van der Waals surface area contributed by atoms with Crippen molar-refractivity contribution in [1.29, 1.82) is 0 Å². The van der Waals surface area contributed by atoms with Crippen LogP contribution in [0.5, 0.6) is 0 Å². The maximum atomic E-state index is 12.4. The fraction of sp³-hybridized carbons (Fsp3) is 1.00. The Bertz CT molecular complexity index is 298. The quantitative estimate of drug-likeness (QED) is 0.786. The molecule has 4 unspecified atom stereocenters. The van der Waals surface area contributed by atoms with Crippen molar-refractivity contribution in [3.63, 3.8) is 0 Å². The van der Waals surface area contributed by atoms with Crippen molar-refractivity contribution in [1.82, 2.24) is 10.2 Å². The van der Waals surface area contributed by atoms with E-state index in [1.54, 1.807) is 0 Å². The monoisotopic (exact) mass is 290 g/mol. The molecule has 1 heterocycles. The van der Waals surface area contributed by atoms with Crippen molar-refractivity contribution in [2.75, 3.05) is 19.6 Å². The van der Waals surface area contributed by atoms with Gasteiger partial charge in [0.15, 0.2) is 0 Å². The van der Waals surface area contributed by atoms with Gasteiger partial charge in [-0.2, -0.15) is 0 Å². The number of nitrogens with one attached hydrogen (secondary N) is 1. The number of likely N-dealkylation sites (tertiary alicyclic amines) is 1. The molecule has 4 atom stereocenters. The second-order valence-corrected chi connectivity index (χ2v) is 6.62. The molecule has 0 aromatic heterocycles. The summed E-state index contributed by atoms with van der Waals surface area (Å²) in [7, 11) is 0. The number of halogens is 2. The molecule has 3 nitrogen and oxygen atoms in total. The Morgan fingerprint density at radius 3 is 2.40 bits per heavy atom. The highest BCUT2D eigenvalue weighted by Crippen LogP contribution is 2.34. The molecular weight excluding hydrogens is 262 g/mol. The lowest BCUT2D eigenvalue weighted by Gasteiger charge is -2.46. The van der Waals surface area contributed by atoms with E-state index in [2.05, 4.69) is 17.1 Å². The van der Waals surface area contributed by atoms with E-state index in [4.69, 9.17) is 0 Å². The third kappa shape index (κ3) is 4.12. The summed E-state index contributed by atoms with van der Waals surface area (Å²) >= 11 is 0. The lowest BCUT2D eigenvalue weighted by Crippen LogP contribution is -2.56. The van der Waals surface area contributed by atoms with Gasteiger partial charge in [-0.3, -0.25) is 4.90 Å². The van der Waals surface area contributed by atoms with Gasteiger partial charge in [0.05, 0.1) is 12.6 Å². The van der Waals surface area contributed by atoms with Crippen molar-refractivity contribution < 1.29 is 13.9 Å². The van der Waals surface area contributed by atoms with Crippen LogP contribution < -0.4 is 5.32 Å². The highest BCUT2D eigenvalue weighted by molar-refractivity contribution is 4.91. The molecule has 1 aliphatic carbocycles. The van der Waals surface area contributed by atoms with Gasteiger partial charge in [0.25, 0.3) is 6.43 Å². The van der Waals surface area contributed by atoms with Crippen LogP contribution in [0.15, 0.2) is 0 Å². The van der Waals surface area contributed by atoms with Gasteiger partial charge in [0, 0.05) is 25.2 Å². The molecule has 118 valence electrons. The van der Waals surface area contributed by atoms with Gasteiger partial charge < -0.3 is 10.4 Å². The standard InChI is InChI=1S/C15H28F2N2O/c1-10(12-4-3-5-12)19-8-13(11(2)20)6-14(9-19)18-7-15(16)17/h10-15,18,20H,3-9H2,1-2H3. The Morgan fingerprint density at radius 2 is 1.90 bits per heavy atom. The number of rotatable bonds is 6. The Balaban J connectivity index is 1.92. The summed E-state index contributed by atoms with van der Waals surface area (Å²) in [5, 5.41) is 12.8. The van der Waals surface area contributed by atoms with Crippen molar-refractivity contribution in [3.05, 3.63) is 0 Å². The first-order valence-corrected chi connectivity index (χ1v) is 7.91. The number of nitrogens with zero attached hydrogens (tertiary/aromatic N) is 1. The van der Waals surface area contributed by atoms with Crippen LogP contribution in [0.4, 0.5) is 8.78 Å². The van der Waals surface area contributed by atoms with Gasteiger partial charge in [-0.05, 0) is 44.9 Å². The summed E-state index contributed by atoms with van der Waals surface area (Å²) in [6, 6.07) is 0.570. The van der Waals surface area contributed by atoms with E-state index >= 15 is 0 Å². The van der Waals surface area contributed by atoms with E-state index in [9.17, 15) is 13.9 Å². The fourth-order valence-electron chi connectivity index (χ4n) is 3.48. The maximum absolute atomic E-state index is 12.4. The molecule has 0 aromatic carbocycles. The first kappa shape index (κ1) is 16.1. The van der Waals surface area contributed by atoms with Gasteiger partial charge in [-0.25, -0.2) is 8.78 Å². The molecular formula is C15H28F2N2O. The second-order valence-electron chi connectivity index (χ2n) is 6.62. The molecule has 0 bridgehead atoms. The third-order valence-corrected chi connectivity index (χ3v) is 5.16. The van der Waals surface area contributed by atoms with Crippen molar-refractivity contribution >= 4 is 0 Å². The minimum atomic E-state index is -2.31. The SMILES string of the molecule is CC(O)C1CC(NCC(F)F)CN(C(C)C2CCC2)C1. The summed E-state index contributed by atoms with van der Waals surface area (Å²) in [5.74, 6) is 0.931. The Morgan fingerprint density at radius 1 is 1.20 bits per heavy atom. The summed E-state index contributed by atoms with van der Waals surface area (Å²) in [5.41, 5.74) is 0. The van der Waals surface area contributed by atoms with Gasteiger partial charge in [0.2, 0.25) is 0 Å². The predicted octanol–water partition coefficient (Wildman–Crippen LogP) is 2.10. The molecule has 0 amide bonds. The number of hydrogen-bond donors (Lipinski definition) is 2. The number of hydrogen-bond acceptors (Lipinski definition) is 3. The van der Waals surface area contributed by atoms with E-state index in [1.165, 1.54) is 19.3 Å². The lowest BCUT2D eigenvalue weighted by atomic mass is 9.78. The highest BCUT2D eigenvalue weighted by atomic mass is 19.3. The van der Waals surface area contributed by atoms with Gasteiger partial charge in [0.1, 0.15) is 0 Å². The molecule has 20 heavy (non-hydrogen) atoms. The first-order chi connectivity index (χ1) is 9.47. The zero-order chi connectivity index (χ0) is 14.7. The average molecular weight is 290 g/mol. The topological polar surface area (TPSA) is 35.5 Å². The lowest BCUT2D eigenvalue weighted by molar-refractivity contribution is 0.00588. The predicted molar refractivity (Wildman–Crippen MR) is 76.0 cm³/mol. The van der Waals surface area contributed by atoms with E-state index in [0.717, 1.165) is 25.4 Å². The average Bonchev–Trinajstić information content (AvgIpc) is 2.33. The normalized spacial score (nSPS) is 32.1. The van der Waals surface area contributed by atoms with E-state index in [1.807, 2.05) is 6.92 Å². The Kier molecular flexibility index (Phi) is 5.75. The number of alkyl halides is 2. The number of piperidine rings is 1. The fourth-order valence-corrected chi connectivity index (χ4v) is 3.48. The molecule has 2 N–H and O–H groups in total. The summed E-state index contributed by atoms with van der Waals surface area (Å²) < 4.78 is 24.7. The van der Waals surface area contributed by atoms with Gasteiger partial charge in [-0.15, -0.1) is 0 Å². The molecule has 5 heteroatoms. The van der Waals surface area contributed by atoms with Crippen LogP contribution in [-0.4, -0.2) is 54.3 Å². The summed E-state index contributed by atoms with van der Waals surface area (Å²) in [6.45, 7) is 5.53. The molecule has 1 aliphatic heterocycles. The third-order valence-electron chi connectivity index (χ3n) is 5.16. The van der Waals surface area contributed by atoms with Crippen molar-refractivity contribution in [3.8, 4) is 0 Å². The van der Waals surface area contributed by atoms with E-state index in [-0.39, 0.29) is 24.6 Å². The van der Waals surface area contributed by atoms with Crippen LogP contribution in [0.25, 0.3) is 0 Å². The molecule has 1 saturated carbocycles. The second kappa shape index (κ2) is 7.14. The molecule has 0 spiro atoms. The summed E-state index contributed by atoms with van der Waals surface area (Å²) in [6.07, 6.45) is 1.99. The van der Waals surface area contributed by atoms with Crippen LogP contribution >= 0.6 is 0 Å². The van der Waals surface area contributed by atoms with Crippen molar-refractivity contribution in [2.24, 2.45) is 11.8 Å². The molecule has 0 radical (unpaired) electrons. The van der Waals surface area contributed by atoms with Crippen LogP contribution in [0.3, 0.4) is 0 Å². The molecule has 2 fully saturated rings. The zero-order valence-corrected chi connectivity index (χ0v) is 12.6.